The molecule has 0 spiro atoms. The molecule has 2 rings (SSSR count). The highest BCUT2D eigenvalue weighted by atomic mass is 35.5. The van der Waals surface area contributed by atoms with Gasteiger partial charge in [0.2, 0.25) is 0 Å². The van der Waals surface area contributed by atoms with Crippen molar-refractivity contribution in [3.8, 4) is 5.75 Å². The van der Waals surface area contributed by atoms with Gasteiger partial charge < -0.3 is 4.74 Å². The predicted octanol–water partition coefficient (Wildman–Crippen LogP) is 4.30. The maximum absolute atomic E-state index is 6.53. The van der Waals surface area contributed by atoms with Crippen molar-refractivity contribution in [3.63, 3.8) is 0 Å². The summed E-state index contributed by atoms with van der Waals surface area (Å²) in [4.78, 5) is -0.402. The third-order valence-electron chi connectivity index (χ3n) is 2.79. The van der Waals surface area contributed by atoms with Crippen molar-refractivity contribution in [3.05, 3.63) is 53.1 Å². The molecule has 0 saturated heterocycles. The van der Waals surface area contributed by atoms with E-state index in [1.54, 1.807) is 7.11 Å². The van der Waals surface area contributed by atoms with Crippen molar-refractivity contribution >= 4 is 23.2 Å². The molecular formula is C14H14Cl2O. The zero-order valence-electron chi connectivity index (χ0n) is 9.62. The molecule has 1 unspecified atom stereocenters. The molecule has 0 saturated carbocycles. The minimum atomic E-state index is -0.402. The first kappa shape index (κ1) is 12.5. The van der Waals surface area contributed by atoms with Gasteiger partial charge in [0.15, 0.2) is 0 Å². The van der Waals surface area contributed by atoms with E-state index in [2.05, 4.69) is 0 Å². The minimum Gasteiger partial charge on any atom is -0.497 e. The zero-order valence-corrected chi connectivity index (χ0v) is 11.1. The van der Waals surface area contributed by atoms with Crippen LogP contribution in [0.1, 0.15) is 12.0 Å². The van der Waals surface area contributed by atoms with E-state index >= 15 is 0 Å². The Kier molecular flexibility index (Phi) is 3.80. The monoisotopic (exact) mass is 268 g/mol. The molecule has 0 N–H and O–H groups in total. The molecule has 0 aliphatic heterocycles. The molecule has 90 valence electrons. The van der Waals surface area contributed by atoms with Gasteiger partial charge in [-0.15, -0.1) is 11.6 Å². The highest BCUT2D eigenvalue weighted by molar-refractivity contribution is 6.32. The molecule has 0 amide bonds. The van der Waals surface area contributed by atoms with Gasteiger partial charge in [0.25, 0.3) is 0 Å². The second kappa shape index (κ2) is 5.16. The van der Waals surface area contributed by atoms with Gasteiger partial charge in [-0.2, -0.15) is 0 Å². The van der Waals surface area contributed by atoms with Crippen LogP contribution < -0.4 is 4.74 Å². The van der Waals surface area contributed by atoms with Gasteiger partial charge in [0, 0.05) is 11.5 Å². The lowest BCUT2D eigenvalue weighted by atomic mass is 9.92. The third kappa shape index (κ3) is 3.27. The predicted molar refractivity (Wildman–Crippen MR) is 73.0 cm³/mol. The Bertz CT molecular complexity index is 448. The highest BCUT2D eigenvalue weighted by Gasteiger charge is 2.27. The van der Waals surface area contributed by atoms with Crippen LogP contribution >= 0.6 is 23.2 Å². The van der Waals surface area contributed by atoms with E-state index in [1.807, 2.05) is 42.5 Å². The van der Waals surface area contributed by atoms with Crippen molar-refractivity contribution in [2.75, 3.05) is 7.11 Å². The van der Waals surface area contributed by atoms with Crippen LogP contribution in [-0.2, 0) is 6.42 Å². The average molecular weight is 269 g/mol. The zero-order chi connectivity index (χ0) is 12.3. The summed E-state index contributed by atoms with van der Waals surface area (Å²) in [7, 11) is 1.66. The number of halogens is 2. The summed E-state index contributed by atoms with van der Waals surface area (Å²) in [5, 5.41) is 0.802. The molecule has 1 aromatic rings. The lowest BCUT2D eigenvalue weighted by molar-refractivity contribution is 0.414. The number of hydrogen-bond acceptors (Lipinski definition) is 1. The lowest BCUT2D eigenvalue weighted by Crippen LogP contribution is -2.23. The van der Waals surface area contributed by atoms with Crippen LogP contribution in [-0.4, -0.2) is 12.0 Å². The van der Waals surface area contributed by atoms with E-state index in [4.69, 9.17) is 27.9 Å². The van der Waals surface area contributed by atoms with Crippen molar-refractivity contribution in [2.45, 2.75) is 17.7 Å². The van der Waals surface area contributed by atoms with E-state index in [0.29, 0.717) is 6.42 Å². The molecule has 3 heteroatoms. The molecule has 0 heterocycles. The number of ether oxygens (including phenoxy) is 1. The standard InChI is InChI=1S/C14H14Cl2O/c1-17-13-6-4-11(5-7-13)9-14(16)8-2-3-12(15)10-14/h2-8H,9-10H2,1H3. The smallest absolute Gasteiger partial charge is 0.118 e. The maximum atomic E-state index is 6.53. The summed E-state index contributed by atoms with van der Waals surface area (Å²) in [6.07, 6.45) is 7.25. The van der Waals surface area contributed by atoms with Crippen molar-refractivity contribution in [2.24, 2.45) is 0 Å². The number of rotatable bonds is 3. The Labute approximate surface area is 112 Å². The van der Waals surface area contributed by atoms with Crippen LogP contribution in [0.3, 0.4) is 0 Å². The molecule has 0 bridgehead atoms. The van der Waals surface area contributed by atoms with E-state index in [-0.39, 0.29) is 0 Å². The fourth-order valence-electron chi connectivity index (χ4n) is 1.93. The molecule has 1 nitrogen and oxygen atoms in total. The number of methoxy groups -OCH3 is 1. The summed E-state index contributed by atoms with van der Waals surface area (Å²) in [6, 6.07) is 7.95. The first-order chi connectivity index (χ1) is 8.11. The van der Waals surface area contributed by atoms with Crippen molar-refractivity contribution < 1.29 is 4.74 Å². The van der Waals surface area contributed by atoms with Crippen molar-refractivity contribution in [1.29, 1.82) is 0 Å². The molecule has 1 aromatic carbocycles. The summed E-state index contributed by atoms with van der Waals surface area (Å²) in [6.45, 7) is 0. The first-order valence-corrected chi connectivity index (χ1v) is 6.23. The van der Waals surface area contributed by atoms with Crippen LogP contribution in [0.4, 0.5) is 0 Å². The fraction of sp³-hybridized carbons (Fsp3) is 0.286. The lowest BCUT2D eigenvalue weighted by Gasteiger charge is -2.25. The van der Waals surface area contributed by atoms with E-state index in [1.165, 1.54) is 5.56 Å². The highest BCUT2D eigenvalue weighted by Crippen LogP contribution is 2.34. The molecule has 1 aliphatic rings. The largest absolute Gasteiger partial charge is 0.497 e. The van der Waals surface area contributed by atoms with Gasteiger partial charge in [0.1, 0.15) is 5.75 Å². The Morgan fingerprint density at radius 2 is 2.00 bits per heavy atom. The summed E-state index contributed by atoms with van der Waals surface area (Å²) in [5.41, 5.74) is 1.18. The molecule has 0 aromatic heterocycles. The molecule has 0 fully saturated rings. The molecule has 0 radical (unpaired) electrons. The second-order valence-corrected chi connectivity index (χ2v) is 5.45. The van der Waals surface area contributed by atoms with Gasteiger partial charge in [-0.1, -0.05) is 35.9 Å². The molecule has 1 aliphatic carbocycles. The van der Waals surface area contributed by atoms with Crippen LogP contribution in [0.5, 0.6) is 5.75 Å². The van der Waals surface area contributed by atoms with E-state index in [0.717, 1.165) is 17.2 Å². The summed E-state index contributed by atoms with van der Waals surface area (Å²) in [5.74, 6) is 0.856. The van der Waals surface area contributed by atoms with Gasteiger partial charge >= 0.3 is 0 Å². The van der Waals surface area contributed by atoms with Gasteiger partial charge in [-0.25, -0.2) is 0 Å². The quantitative estimate of drug-likeness (QED) is 0.743. The molecule has 1 atom stereocenters. The van der Waals surface area contributed by atoms with Crippen LogP contribution in [0.15, 0.2) is 47.5 Å². The number of allylic oxidation sites excluding steroid dienone is 4. The van der Waals surface area contributed by atoms with Crippen LogP contribution in [0.25, 0.3) is 0 Å². The second-order valence-electron chi connectivity index (χ2n) is 4.21. The van der Waals surface area contributed by atoms with Gasteiger partial charge in [0.05, 0.1) is 12.0 Å². The SMILES string of the molecule is COc1ccc(CC2(Cl)C=CC=C(Cl)C2)cc1. The van der Waals surface area contributed by atoms with Gasteiger partial charge in [-0.05, 0) is 30.2 Å². The number of alkyl halides is 1. The van der Waals surface area contributed by atoms with Gasteiger partial charge in [-0.3, -0.25) is 0 Å². The number of benzene rings is 1. The minimum absolute atomic E-state index is 0.402. The Hall–Kier alpha value is -0.920. The Balaban J connectivity index is 2.10. The number of hydrogen-bond donors (Lipinski definition) is 0. The van der Waals surface area contributed by atoms with Crippen molar-refractivity contribution in [1.82, 2.24) is 0 Å². The average Bonchev–Trinajstić information content (AvgIpc) is 2.29. The Morgan fingerprint density at radius 3 is 2.59 bits per heavy atom. The fourth-order valence-corrected chi connectivity index (χ4v) is 2.68. The first-order valence-electron chi connectivity index (χ1n) is 5.47. The molecule has 17 heavy (non-hydrogen) atoms. The third-order valence-corrected chi connectivity index (χ3v) is 3.44. The summed E-state index contributed by atoms with van der Waals surface area (Å²) < 4.78 is 5.12. The van der Waals surface area contributed by atoms with Crippen LogP contribution in [0, 0.1) is 0 Å². The normalized spacial score (nSPS) is 23.4. The van der Waals surface area contributed by atoms with E-state index < -0.39 is 4.87 Å². The topological polar surface area (TPSA) is 9.23 Å². The summed E-state index contributed by atoms with van der Waals surface area (Å²) >= 11 is 12.6. The maximum Gasteiger partial charge on any atom is 0.118 e. The van der Waals surface area contributed by atoms with E-state index in [9.17, 15) is 0 Å². The molecular weight excluding hydrogens is 255 g/mol. The van der Waals surface area contributed by atoms with Crippen LogP contribution in [0.2, 0.25) is 0 Å². The Morgan fingerprint density at radius 1 is 1.29 bits per heavy atom.